The van der Waals surface area contributed by atoms with Gasteiger partial charge in [-0.15, -0.1) is 0 Å². The highest BCUT2D eigenvalue weighted by atomic mass is 19.1. The number of hydrogen-bond acceptors (Lipinski definition) is 6. The number of aryl methyl sites for hydroxylation is 1. The summed E-state index contributed by atoms with van der Waals surface area (Å²) in [4.78, 5) is 36.4. The molecule has 0 unspecified atom stereocenters. The number of anilines is 2. The molecule has 0 radical (unpaired) electrons. The van der Waals surface area contributed by atoms with Crippen molar-refractivity contribution in [3.8, 4) is 0 Å². The molecule has 1 aromatic carbocycles. The second kappa shape index (κ2) is 9.96. The van der Waals surface area contributed by atoms with E-state index in [0.717, 1.165) is 70.3 Å². The Bertz CT molecular complexity index is 1340. The van der Waals surface area contributed by atoms with E-state index < -0.39 is 17.5 Å². The summed E-state index contributed by atoms with van der Waals surface area (Å²) in [5.41, 5.74) is 0.325. The number of nitrogens with zero attached hydrogens (tertiary/aromatic N) is 5. The second-order valence-electron chi connectivity index (χ2n) is 9.67. The highest BCUT2D eigenvalue weighted by Crippen LogP contribution is 2.31. The lowest BCUT2D eigenvalue weighted by atomic mass is 10.0. The number of nitrogens with one attached hydrogen (secondary N) is 2. The van der Waals surface area contributed by atoms with Crippen LogP contribution in [-0.4, -0.2) is 55.6 Å². The predicted molar refractivity (Wildman–Crippen MR) is 133 cm³/mol. The van der Waals surface area contributed by atoms with Crippen LogP contribution in [0.2, 0.25) is 0 Å². The summed E-state index contributed by atoms with van der Waals surface area (Å²) in [5, 5.41) is 5.54. The van der Waals surface area contributed by atoms with Gasteiger partial charge in [0.2, 0.25) is 5.95 Å². The van der Waals surface area contributed by atoms with Gasteiger partial charge in [-0.25, -0.2) is 18.6 Å². The van der Waals surface area contributed by atoms with Gasteiger partial charge >= 0.3 is 5.69 Å². The minimum atomic E-state index is -0.842. The first-order chi connectivity index (χ1) is 17.4. The smallest absolute Gasteiger partial charge is 0.330 e. The average Bonchev–Trinajstić information content (AvgIpc) is 3.48. The van der Waals surface area contributed by atoms with Crippen LogP contribution in [0.5, 0.6) is 0 Å². The van der Waals surface area contributed by atoms with Crippen molar-refractivity contribution < 1.29 is 13.6 Å². The summed E-state index contributed by atoms with van der Waals surface area (Å²) in [6.07, 6.45) is 6.93. The molecule has 3 aromatic rings. The Morgan fingerprint density at radius 3 is 2.53 bits per heavy atom. The molecule has 11 heteroatoms. The Balaban J connectivity index is 1.36. The van der Waals surface area contributed by atoms with Crippen LogP contribution in [0.1, 0.15) is 61.8 Å². The van der Waals surface area contributed by atoms with Crippen LogP contribution in [0.3, 0.4) is 0 Å². The molecule has 36 heavy (non-hydrogen) atoms. The number of piperidine rings is 1. The third kappa shape index (κ3) is 4.59. The van der Waals surface area contributed by atoms with Gasteiger partial charge in [-0.1, -0.05) is 19.8 Å². The van der Waals surface area contributed by atoms with Gasteiger partial charge in [0.15, 0.2) is 5.65 Å². The molecule has 3 heterocycles. The van der Waals surface area contributed by atoms with Gasteiger partial charge in [0.1, 0.15) is 17.2 Å². The zero-order chi connectivity index (χ0) is 25.4. The highest BCUT2D eigenvalue weighted by Gasteiger charge is 2.25. The summed E-state index contributed by atoms with van der Waals surface area (Å²) in [5.74, 6) is -2.23. The van der Waals surface area contributed by atoms with Crippen LogP contribution in [0.25, 0.3) is 11.2 Å². The van der Waals surface area contributed by atoms with E-state index in [-0.39, 0.29) is 35.0 Å². The Morgan fingerprint density at radius 1 is 1.11 bits per heavy atom. The van der Waals surface area contributed by atoms with E-state index in [1.54, 1.807) is 11.6 Å². The number of carbonyl (C=O) groups excluding carboxylic acids is 1. The van der Waals surface area contributed by atoms with E-state index in [1.807, 2.05) is 0 Å². The van der Waals surface area contributed by atoms with Gasteiger partial charge in [0.05, 0.1) is 17.4 Å². The molecule has 192 valence electrons. The molecule has 2 N–H and O–H groups in total. The van der Waals surface area contributed by atoms with Crippen LogP contribution in [0.4, 0.5) is 20.4 Å². The van der Waals surface area contributed by atoms with Gasteiger partial charge < -0.3 is 15.5 Å². The van der Waals surface area contributed by atoms with E-state index in [2.05, 4.69) is 32.4 Å². The standard InChI is InChI=1S/C25H31F2N7O2/c1-3-33-10-8-15(9-11-33)29-23(35)17-12-19(27)20(13-18(17)26)30-24-28-14-21-22(31-24)34(25(36)32(21)2)16-6-4-5-7-16/h12-16H,3-11H2,1-2H3,(H,29,35)(H,28,30,31). The third-order valence-corrected chi connectivity index (χ3v) is 7.44. The SMILES string of the molecule is CCN1CCC(NC(=O)c2cc(F)c(Nc3ncc4c(n3)n(C3CCCC3)c(=O)n4C)cc2F)CC1. The molecule has 5 rings (SSSR count). The van der Waals surface area contributed by atoms with Crippen molar-refractivity contribution in [2.24, 2.45) is 7.05 Å². The number of aromatic nitrogens is 4. The Kier molecular flexibility index (Phi) is 6.74. The third-order valence-electron chi connectivity index (χ3n) is 7.44. The van der Waals surface area contributed by atoms with Crippen molar-refractivity contribution in [3.05, 3.63) is 46.0 Å². The molecule has 1 saturated carbocycles. The normalized spacial score (nSPS) is 17.7. The predicted octanol–water partition coefficient (Wildman–Crippen LogP) is 3.48. The summed E-state index contributed by atoms with van der Waals surface area (Å²) < 4.78 is 33.0. The first kappa shape index (κ1) is 24.4. The zero-order valence-corrected chi connectivity index (χ0v) is 20.6. The first-order valence-electron chi connectivity index (χ1n) is 12.6. The van der Waals surface area contributed by atoms with Crippen molar-refractivity contribution >= 4 is 28.7 Å². The van der Waals surface area contributed by atoms with Crippen molar-refractivity contribution in [1.82, 2.24) is 29.3 Å². The lowest BCUT2D eigenvalue weighted by Crippen LogP contribution is -2.44. The van der Waals surface area contributed by atoms with Gasteiger partial charge in [0.25, 0.3) is 5.91 Å². The van der Waals surface area contributed by atoms with Crippen LogP contribution in [-0.2, 0) is 7.05 Å². The molecule has 0 spiro atoms. The highest BCUT2D eigenvalue weighted by molar-refractivity contribution is 5.95. The summed E-state index contributed by atoms with van der Waals surface area (Å²) >= 11 is 0. The molecule has 2 aliphatic rings. The lowest BCUT2D eigenvalue weighted by Gasteiger charge is -2.31. The fourth-order valence-electron chi connectivity index (χ4n) is 5.28. The summed E-state index contributed by atoms with van der Waals surface area (Å²) in [6, 6.07) is 1.82. The van der Waals surface area contributed by atoms with Gasteiger partial charge in [-0.05, 0) is 38.3 Å². The number of benzene rings is 1. The molecule has 0 bridgehead atoms. The van der Waals surface area contributed by atoms with E-state index >= 15 is 0 Å². The number of rotatable bonds is 6. The largest absolute Gasteiger partial charge is 0.349 e. The Morgan fingerprint density at radius 2 is 1.83 bits per heavy atom. The second-order valence-corrected chi connectivity index (χ2v) is 9.67. The number of halogens is 2. The number of carbonyl (C=O) groups is 1. The zero-order valence-electron chi connectivity index (χ0n) is 20.6. The summed E-state index contributed by atoms with van der Waals surface area (Å²) in [7, 11) is 1.67. The molecular weight excluding hydrogens is 468 g/mol. The minimum Gasteiger partial charge on any atom is -0.349 e. The van der Waals surface area contributed by atoms with Crippen molar-refractivity contribution in [2.75, 3.05) is 25.0 Å². The maximum atomic E-state index is 14.9. The topological polar surface area (TPSA) is 97.1 Å². The van der Waals surface area contributed by atoms with Crippen molar-refractivity contribution in [3.63, 3.8) is 0 Å². The molecule has 9 nitrogen and oxygen atoms in total. The molecule has 1 aliphatic carbocycles. The monoisotopic (exact) mass is 499 g/mol. The van der Waals surface area contributed by atoms with Crippen LogP contribution in [0.15, 0.2) is 23.1 Å². The van der Waals surface area contributed by atoms with Gasteiger partial charge in [-0.2, -0.15) is 4.98 Å². The molecule has 0 atom stereocenters. The summed E-state index contributed by atoms with van der Waals surface area (Å²) in [6.45, 7) is 4.77. The van der Waals surface area contributed by atoms with E-state index in [9.17, 15) is 18.4 Å². The fraction of sp³-hybridized carbons (Fsp3) is 0.520. The van der Waals surface area contributed by atoms with Crippen LogP contribution in [0, 0.1) is 11.6 Å². The van der Waals surface area contributed by atoms with Crippen LogP contribution >= 0.6 is 0 Å². The average molecular weight is 500 g/mol. The minimum absolute atomic E-state index is 0.0398. The van der Waals surface area contributed by atoms with Gasteiger partial charge in [-0.3, -0.25) is 13.9 Å². The van der Waals surface area contributed by atoms with E-state index in [0.29, 0.717) is 11.2 Å². The Hall–Kier alpha value is -3.34. The lowest BCUT2D eigenvalue weighted by molar-refractivity contribution is 0.0908. The number of imidazole rings is 1. The molecular formula is C25H31F2N7O2. The van der Waals surface area contributed by atoms with Crippen molar-refractivity contribution in [2.45, 2.75) is 57.5 Å². The number of hydrogen-bond donors (Lipinski definition) is 2. The maximum absolute atomic E-state index is 14.9. The molecule has 2 aromatic heterocycles. The first-order valence-corrected chi connectivity index (χ1v) is 12.6. The number of likely N-dealkylation sites (tertiary alicyclic amines) is 1. The number of fused-ring (bicyclic) bond motifs is 1. The molecule has 1 saturated heterocycles. The fourth-order valence-corrected chi connectivity index (χ4v) is 5.28. The number of amides is 1. The van der Waals surface area contributed by atoms with E-state index in [4.69, 9.17) is 0 Å². The van der Waals surface area contributed by atoms with E-state index in [1.165, 1.54) is 10.8 Å². The van der Waals surface area contributed by atoms with Crippen LogP contribution < -0.4 is 16.3 Å². The molecule has 2 fully saturated rings. The quantitative estimate of drug-likeness (QED) is 0.539. The Labute approximate surface area is 207 Å². The van der Waals surface area contributed by atoms with Gasteiger partial charge in [0, 0.05) is 38.3 Å². The molecule has 1 amide bonds. The molecule has 1 aliphatic heterocycles. The maximum Gasteiger partial charge on any atom is 0.330 e. The van der Waals surface area contributed by atoms with Crippen molar-refractivity contribution in [1.29, 1.82) is 0 Å².